The summed E-state index contributed by atoms with van der Waals surface area (Å²) in [5.74, 6) is 0.395. The number of alkyl halides is 3. The van der Waals surface area contributed by atoms with Gasteiger partial charge in [0.1, 0.15) is 23.6 Å². The van der Waals surface area contributed by atoms with Crippen LogP contribution in [0.4, 0.5) is 19.1 Å². The Morgan fingerprint density at radius 3 is 2.67 bits per heavy atom. The number of halogens is 3. The van der Waals surface area contributed by atoms with Crippen molar-refractivity contribution < 1.29 is 27.4 Å². The molecular formula is C18H16F3N5O4. The number of rotatable bonds is 6. The van der Waals surface area contributed by atoms with Crippen LogP contribution < -0.4 is 20.3 Å². The molecule has 9 nitrogen and oxygen atoms in total. The van der Waals surface area contributed by atoms with E-state index in [1.54, 1.807) is 18.2 Å². The van der Waals surface area contributed by atoms with E-state index in [2.05, 4.69) is 20.5 Å². The van der Waals surface area contributed by atoms with Crippen LogP contribution in [0.25, 0.3) is 11.4 Å². The summed E-state index contributed by atoms with van der Waals surface area (Å²) in [6, 6.07) is 6.68. The minimum Gasteiger partial charge on any atom is -0.497 e. The molecule has 0 radical (unpaired) electrons. The molecule has 158 valence electrons. The number of anilines is 1. The molecule has 0 bridgehead atoms. The Bertz CT molecular complexity index is 1120. The van der Waals surface area contributed by atoms with Gasteiger partial charge in [-0.2, -0.15) is 18.2 Å². The normalized spacial score (nSPS) is 11.2. The van der Waals surface area contributed by atoms with Crippen molar-refractivity contribution in [3.05, 3.63) is 52.4 Å². The summed E-state index contributed by atoms with van der Waals surface area (Å²) in [5.41, 5.74) is -2.14. The van der Waals surface area contributed by atoms with Crippen molar-refractivity contribution in [1.29, 1.82) is 0 Å². The maximum absolute atomic E-state index is 12.8. The van der Waals surface area contributed by atoms with Gasteiger partial charge in [-0.15, -0.1) is 5.10 Å². The van der Waals surface area contributed by atoms with Gasteiger partial charge in [-0.3, -0.25) is 20.0 Å². The third kappa shape index (κ3) is 4.42. The smallest absolute Gasteiger partial charge is 0.421 e. The molecule has 0 saturated carbocycles. The Morgan fingerprint density at radius 2 is 2.00 bits per heavy atom. The number of carbonyl (C=O) groups excluding carboxylic acids is 1. The van der Waals surface area contributed by atoms with Crippen molar-refractivity contribution in [3.63, 3.8) is 0 Å². The van der Waals surface area contributed by atoms with Crippen LogP contribution in [-0.2, 0) is 17.5 Å². The van der Waals surface area contributed by atoms with E-state index in [9.17, 15) is 22.8 Å². The molecule has 2 heterocycles. The zero-order valence-corrected chi connectivity index (χ0v) is 15.8. The predicted molar refractivity (Wildman–Crippen MR) is 99.3 cm³/mol. The number of aromatic amines is 1. The predicted octanol–water partition coefficient (Wildman–Crippen LogP) is 2.31. The molecule has 2 aromatic heterocycles. The van der Waals surface area contributed by atoms with Gasteiger partial charge < -0.3 is 14.0 Å². The molecule has 0 spiro atoms. The van der Waals surface area contributed by atoms with E-state index in [4.69, 9.17) is 9.47 Å². The van der Waals surface area contributed by atoms with Crippen molar-refractivity contribution in [1.82, 2.24) is 19.7 Å². The largest absolute Gasteiger partial charge is 0.497 e. The first-order valence-corrected chi connectivity index (χ1v) is 8.44. The number of aromatic nitrogens is 4. The third-order valence-corrected chi connectivity index (χ3v) is 4.04. The average Bonchev–Trinajstić information content (AvgIpc) is 3.16. The zero-order valence-electron chi connectivity index (χ0n) is 15.8. The summed E-state index contributed by atoms with van der Waals surface area (Å²) in [6.07, 6.45) is -3.73. The first-order valence-electron chi connectivity index (χ1n) is 8.44. The van der Waals surface area contributed by atoms with Gasteiger partial charge in [0.15, 0.2) is 5.82 Å². The molecule has 0 saturated heterocycles. The fourth-order valence-corrected chi connectivity index (χ4v) is 2.63. The minimum atomic E-state index is -4.81. The molecule has 3 rings (SSSR count). The van der Waals surface area contributed by atoms with Gasteiger partial charge in [-0.05, 0) is 24.3 Å². The molecule has 30 heavy (non-hydrogen) atoms. The van der Waals surface area contributed by atoms with E-state index in [0.29, 0.717) is 27.7 Å². The van der Waals surface area contributed by atoms with E-state index in [0.717, 1.165) is 12.3 Å². The average molecular weight is 423 g/mol. The van der Waals surface area contributed by atoms with Gasteiger partial charge in [-0.1, -0.05) is 0 Å². The standard InChI is InChI=1S/C18H16F3N5O4/c1-29-10-5-6-11(13(8-10)30-2)15-23-17(25-24-15)22-14(27)9-26-7-3-4-12(16(26)28)18(19,20)21/h3-8H,9H2,1-2H3,(H2,22,23,24,25,27). The number of methoxy groups -OCH3 is 2. The number of hydrogen-bond acceptors (Lipinski definition) is 6. The second-order valence-corrected chi connectivity index (χ2v) is 5.97. The van der Waals surface area contributed by atoms with Gasteiger partial charge in [0, 0.05) is 12.3 Å². The summed E-state index contributed by atoms with van der Waals surface area (Å²) >= 11 is 0. The Balaban J connectivity index is 1.76. The van der Waals surface area contributed by atoms with E-state index in [1.807, 2.05) is 0 Å². The number of nitrogens with zero attached hydrogens (tertiary/aromatic N) is 3. The maximum Gasteiger partial charge on any atom is 0.421 e. The number of nitrogens with one attached hydrogen (secondary N) is 2. The van der Waals surface area contributed by atoms with Crippen LogP contribution in [0.15, 0.2) is 41.3 Å². The number of amides is 1. The topological polar surface area (TPSA) is 111 Å². The van der Waals surface area contributed by atoms with Crippen LogP contribution in [-0.4, -0.2) is 39.9 Å². The van der Waals surface area contributed by atoms with Crippen molar-refractivity contribution in [3.8, 4) is 22.9 Å². The monoisotopic (exact) mass is 423 g/mol. The quantitative estimate of drug-likeness (QED) is 0.630. The summed E-state index contributed by atoms with van der Waals surface area (Å²) in [5, 5.41) is 8.81. The summed E-state index contributed by atoms with van der Waals surface area (Å²) in [6.45, 7) is -0.640. The second-order valence-electron chi connectivity index (χ2n) is 5.97. The van der Waals surface area contributed by atoms with Crippen LogP contribution in [0.3, 0.4) is 0 Å². The van der Waals surface area contributed by atoms with Gasteiger partial charge in [0.2, 0.25) is 11.9 Å². The number of pyridine rings is 1. The van der Waals surface area contributed by atoms with Gasteiger partial charge in [-0.25, -0.2) is 0 Å². The third-order valence-electron chi connectivity index (χ3n) is 4.04. The molecule has 0 aliphatic rings. The number of hydrogen-bond donors (Lipinski definition) is 2. The van der Waals surface area contributed by atoms with E-state index < -0.39 is 29.8 Å². The van der Waals surface area contributed by atoms with E-state index >= 15 is 0 Å². The van der Waals surface area contributed by atoms with Crippen LogP contribution in [0.2, 0.25) is 0 Å². The maximum atomic E-state index is 12.8. The molecule has 0 aliphatic heterocycles. The summed E-state index contributed by atoms with van der Waals surface area (Å²) < 4.78 is 49.5. The Kier molecular flexibility index (Phi) is 5.76. The van der Waals surface area contributed by atoms with Crippen molar-refractivity contribution in [2.75, 3.05) is 19.5 Å². The lowest BCUT2D eigenvalue weighted by Gasteiger charge is -2.09. The van der Waals surface area contributed by atoms with Crippen LogP contribution in [0.5, 0.6) is 11.5 Å². The Morgan fingerprint density at radius 1 is 1.23 bits per heavy atom. The second kappa shape index (κ2) is 8.27. The van der Waals surface area contributed by atoms with Crippen molar-refractivity contribution >= 4 is 11.9 Å². The van der Waals surface area contributed by atoms with E-state index in [1.165, 1.54) is 14.2 Å². The molecule has 0 unspecified atom stereocenters. The van der Waals surface area contributed by atoms with Crippen LogP contribution in [0, 0.1) is 0 Å². The number of benzene rings is 1. The summed E-state index contributed by atoms with van der Waals surface area (Å²) in [4.78, 5) is 28.2. The lowest BCUT2D eigenvalue weighted by molar-refractivity contribution is -0.139. The first-order chi connectivity index (χ1) is 14.2. The molecule has 0 fully saturated rings. The lowest BCUT2D eigenvalue weighted by Crippen LogP contribution is -2.32. The van der Waals surface area contributed by atoms with Gasteiger partial charge in [0.25, 0.3) is 5.56 Å². The minimum absolute atomic E-state index is 0.118. The van der Waals surface area contributed by atoms with Crippen LogP contribution in [0.1, 0.15) is 5.56 Å². The molecule has 2 N–H and O–H groups in total. The highest BCUT2D eigenvalue weighted by molar-refractivity contribution is 5.89. The van der Waals surface area contributed by atoms with Gasteiger partial charge in [0.05, 0.1) is 19.8 Å². The highest BCUT2D eigenvalue weighted by atomic mass is 19.4. The zero-order chi connectivity index (χ0) is 21.9. The fourth-order valence-electron chi connectivity index (χ4n) is 2.63. The molecule has 0 atom stereocenters. The molecule has 1 aromatic carbocycles. The molecule has 0 aliphatic carbocycles. The molecule has 12 heteroatoms. The lowest BCUT2D eigenvalue weighted by atomic mass is 10.2. The first kappa shape index (κ1) is 20.9. The highest BCUT2D eigenvalue weighted by Gasteiger charge is 2.34. The van der Waals surface area contributed by atoms with E-state index in [-0.39, 0.29) is 11.8 Å². The Labute approximate surface area is 167 Å². The van der Waals surface area contributed by atoms with Crippen molar-refractivity contribution in [2.24, 2.45) is 0 Å². The summed E-state index contributed by atoms with van der Waals surface area (Å²) in [7, 11) is 2.97. The molecule has 3 aromatic rings. The van der Waals surface area contributed by atoms with Crippen LogP contribution >= 0.6 is 0 Å². The van der Waals surface area contributed by atoms with Gasteiger partial charge >= 0.3 is 6.18 Å². The SMILES string of the molecule is COc1ccc(-c2nc(NC(=O)Cn3cccc(C(F)(F)F)c3=O)n[nH]2)c(OC)c1. The Hall–Kier alpha value is -3.83. The molecular weight excluding hydrogens is 407 g/mol. The van der Waals surface area contributed by atoms with Crippen molar-refractivity contribution in [2.45, 2.75) is 12.7 Å². The fraction of sp³-hybridized carbons (Fsp3) is 0.222. The molecule has 1 amide bonds. The number of carbonyl (C=O) groups is 1. The highest BCUT2D eigenvalue weighted by Crippen LogP contribution is 2.31. The number of ether oxygens (including phenoxy) is 2. The number of H-pyrrole nitrogens is 1.